The fraction of sp³-hybridized carbons (Fsp3) is 0.250. The number of aromatic nitrogens is 3. The van der Waals surface area contributed by atoms with Crippen LogP contribution in [0.5, 0.6) is 5.75 Å². The Morgan fingerprint density at radius 2 is 2.26 bits per heavy atom. The van der Waals surface area contributed by atoms with E-state index in [1.165, 1.54) is 19.5 Å². The predicted molar refractivity (Wildman–Crippen MR) is 67.5 cm³/mol. The minimum absolute atomic E-state index is 0.214. The Kier molecular flexibility index (Phi) is 3.65. The van der Waals surface area contributed by atoms with E-state index in [1.807, 2.05) is 0 Å². The van der Waals surface area contributed by atoms with Crippen LogP contribution in [0.25, 0.3) is 0 Å². The van der Waals surface area contributed by atoms with E-state index in [-0.39, 0.29) is 6.61 Å². The SMILES string of the molecule is COC(=O)c1ccc(N)c(OCc2ncnn2C)c1. The molecule has 1 aromatic heterocycles. The van der Waals surface area contributed by atoms with E-state index >= 15 is 0 Å². The van der Waals surface area contributed by atoms with Gasteiger partial charge in [-0.25, -0.2) is 9.78 Å². The van der Waals surface area contributed by atoms with E-state index in [0.29, 0.717) is 22.8 Å². The maximum absolute atomic E-state index is 11.4. The molecule has 0 aliphatic carbocycles. The lowest BCUT2D eigenvalue weighted by atomic mass is 10.2. The van der Waals surface area contributed by atoms with Crippen LogP contribution in [0.4, 0.5) is 5.69 Å². The van der Waals surface area contributed by atoms with Gasteiger partial charge in [0.1, 0.15) is 18.7 Å². The van der Waals surface area contributed by atoms with E-state index in [2.05, 4.69) is 14.8 Å². The number of methoxy groups -OCH3 is 1. The van der Waals surface area contributed by atoms with Gasteiger partial charge in [-0.05, 0) is 18.2 Å². The van der Waals surface area contributed by atoms with Crippen molar-refractivity contribution >= 4 is 11.7 Å². The van der Waals surface area contributed by atoms with Crippen molar-refractivity contribution in [2.75, 3.05) is 12.8 Å². The van der Waals surface area contributed by atoms with Crippen molar-refractivity contribution in [2.24, 2.45) is 7.05 Å². The maximum Gasteiger partial charge on any atom is 0.337 e. The zero-order chi connectivity index (χ0) is 13.8. The molecular weight excluding hydrogens is 248 g/mol. The van der Waals surface area contributed by atoms with Gasteiger partial charge in [-0.15, -0.1) is 0 Å². The van der Waals surface area contributed by atoms with Gasteiger partial charge in [-0.1, -0.05) is 0 Å². The van der Waals surface area contributed by atoms with Crippen molar-refractivity contribution in [1.82, 2.24) is 14.8 Å². The van der Waals surface area contributed by atoms with Crippen LogP contribution in [0, 0.1) is 0 Å². The minimum Gasteiger partial charge on any atom is -0.483 e. The summed E-state index contributed by atoms with van der Waals surface area (Å²) in [5.74, 6) is 0.622. The van der Waals surface area contributed by atoms with Gasteiger partial charge in [0, 0.05) is 7.05 Å². The first-order valence-corrected chi connectivity index (χ1v) is 5.55. The number of hydrogen-bond acceptors (Lipinski definition) is 6. The first-order chi connectivity index (χ1) is 9.11. The summed E-state index contributed by atoms with van der Waals surface area (Å²) in [6.07, 6.45) is 1.44. The van der Waals surface area contributed by atoms with E-state index < -0.39 is 5.97 Å². The Hall–Kier alpha value is -2.57. The average molecular weight is 262 g/mol. The Morgan fingerprint density at radius 1 is 1.47 bits per heavy atom. The third kappa shape index (κ3) is 2.82. The standard InChI is InChI=1S/C12H14N4O3/c1-16-11(14-7-15-16)6-19-10-5-8(12(17)18-2)3-4-9(10)13/h3-5,7H,6,13H2,1-2H3. The highest BCUT2D eigenvalue weighted by Gasteiger charge is 2.10. The second kappa shape index (κ2) is 5.38. The Morgan fingerprint density at radius 3 is 2.89 bits per heavy atom. The molecule has 0 saturated heterocycles. The number of nitrogens with two attached hydrogens (primary N) is 1. The number of hydrogen-bond donors (Lipinski definition) is 1. The second-order valence-corrected chi connectivity index (χ2v) is 3.83. The van der Waals surface area contributed by atoms with Gasteiger partial charge in [0.15, 0.2) is 5.82 Å². The van der Waals surface area contributed by atoms with Crippen molar-refractivity contribution in [2.45, 2.75) is 6.61 Å². The number of rotatable bonds is 4. The Balaban J connectivity index is 2.15. The molecule has 0 atom stereocenters. The molecular formula is C12H14N4O3. The summed E-state index contributed by atoms with van der Waals surface area (Å²) in [5.41, 5.74) is 6.61. The number of aryl methyl sites for hydroxylation is 1. The van der Waals surface area contributed by atoms with Crippen LogP contribution >= 0.6 is 0 Å². The second-order valence-electron chi connectivity index (χ2n) is 3.83. The summed E-state index contributed by atoms with van der Waals surface area (Å²) in [6, 6.07) is 4.71. The third-order valence-electron chi connectivity index (χ3n) is 2.60. The smallest absolute Gasteiger partial charge is 0.337 e. The van der Waals surface area contributed by atoms with Crippen LogP contribution in [0.3, 0.4) is 0 Å². The van der Waals surface area contributed by atoms with Gasteiger partial charge in [-0.2, -0.15) is 5.10 Å². The molecule has 2 aromatic rings. The molecule has 0 amide bonds. The zero-order valence-electron chi connectivity index (χ0n) is 10.7. The molecule has 0 saturated carbocycles. The minimum atomic E-state index is -0.441. The molecule has 0 unspecified atom stereocenters. The van der Waals surface area contributed by atoms with E-state index in [0.717, 1.165) is 0 Å². The quantitative estimate of drug-likeness (QED) is 0.646. The summed E-state index contributed by atoms with van der Waals surface area (Å²) in [6.45, 7) is 0.214. The van der Waals surface area contributed by atoms with Gasteiger partial charge in [-0.3, -0.25) is 4.68 Å². The molecule has 2 N–H and O–H groups in total. The monoisotopic (exact) mass is 262 g/mol. The topological polar surface area (TPSA) is 92.3 Å². The van der Waals surface area contributed by atoms with Crippen molar-refractivity contribution < 1.29 is 14.3 Å². The summed E-state index contributed by atoms with van der Waals surface area (Å²) < 4.78 is 11.8. The molecule has 2 rings (SSSR count). The lowest BCUT2D eigenvalue weighted by molar-refractivity contribution is 0.0600. The van der Waals surface area contributed by atoms with Gasteiger partial charge < -0.3 is 15.2 Å². The number of anilines is 1. The molecule has 19 heavy (non-hydrogen) atoms. The number of esters is 1. The van der Waals surface area contributed by atoms with E-state index in [1.54, 1.807) is 23.9 Å². The normalized spacial score (nSPS) is 10.2. The summed E-state index contributed by atoms with van der Waals surface area (Å²) in [4.78, 5) is 15.4. The van der Waals surface area contributed by atoms with Crippen LogP contribution in [-0.4, -0.2) is 27.8 Å². The maximum atomic E-state index is 11.4. The van der Waals surface area contributed by atoms with Crippen molar-refractivity contribution in [3.05, 3.63) is 35.9 Å². The molecule has 0 radical (unpaired) electrons. The first-order valence-electron chi connectivity index (χ1n) is 5.55. The van der Waals surface area contributed by atoms with Crippen molar-refractivity contribution in [3.63, 3.8) is 0 Å². The van der Waals surface area contributed by atoms with Crippen LogP contribution in [0.2, 0.25) is 0 Å². The number of carbonyl (C=O) groups is 1. The van der Waals surface area contributed by atoms with Crippen LogP contribution < -0.4 is 10.5 Å². The zero-order valence-corrected chi connectivity index (χ0v) is 10.7. The molecule has 0 aliphatic heterocycles. The van der Waals surface area contributed by atoms with Gasteiger partial charge in [0.05, 0.1) is 18.4 Å². The van der Waals surface area contributed by atoms with Crippen LogP contribution in [0.15, 0.2) is 24.5 Å². The number of nitrogen functional groups attached to an aromatic ring is 1. The van der Waals surface area contributed by atoms with E-state index in [4.69, 9.17) is 10.5 Å². The molecule has 0 aliphatic rings. The molecule has 0 spiro atoms. The van der Waals surface area contributed by atoms with Crippen LogP contribution in [-0.2, 0) is 18.4 Å². The third-order valence-corrected chi connectivity index (χ3v) is 2.60. The fourth-order valence-electron chi connectivity index (χ4n) is 1.50. The van der Waals surface area contributed by atoms with Crippen molar-refractivity contribution in [1.29, 1.82) is 0 Å². The predicted octanol–water partition coefficient (Wildman–Crippen LogP) is 0.763. The highest BCUT2D eigenvalue weighted by Crippen LogP contribution is 2.23. The number of nitrogens with zero attached hydrogens (tertiary/aromatic N) is 3. The summed E-state index contributed by atoms with van der Waals surface area (Å²) in [7, 11) is 3.08. The lowest BCUT2D eigenvalue weighted by Gasteiger charge is -2.09. The lowest BCUT2D eigenvalue weighted by Crippen LogP contribution is -2.07. The first kappa shape index (κ1) is 12.9. The molecule has 1 heterocycles. The summed E-state index contributed by atoms with van der Waals surface area (Å²) in [5, 5.41) is 3.93. The van der Waals surface area contributed by atoms with Gasteiger partial charge in [0.2, 0.25) is 0 Å². The molecule has 7 nitrogen and oxygen atoms in total. The summed E-state index contributed by atoms with van der Waals surface area (Å²) >= 11 is 0. The average Bonchev–Trinajstić information content (AvgIpc) is 2.82. The number of benzene rings is 1. The van der Waals surface area contributed by atoms with Gasteiger partial charge in [0.25, 0.3) is 0 Å². The molecule has 0 bridgehead atoms. The number of carbonyl (C=O) groups excluding carboxylic acids is 1. The van der Waals surface area contributed by atoms with Gasteiger partial charge >= 0.3 is 5.97 Å². The Bertz CT molecular complexity index is 594. The fourth-order valence-corrected chi connectivity index (χ4v) is 1.50. The highest BCUT2D eigenvalue weighted by molar-refractivity contribution is 5.90. The molecule has 0 fully saturated rings. The van der Waals surface area contributed by atoms with Crippen molar-refractivity contribution in [3.8, 4) is 5.75 Å². The molecule has 7 heteroatoms. The molecule has 1 aromatic carbocycles. The Labute approximate surface area is 110 Å². The highest BCUT2D eigenvalue weighted by atomic mass is 16.5. The largest absolute Gasteiger partial charge is 0.483 e. The van der Waals surface area contributed by atoms with E-state index in [9.17, 15) is 4.79 Å². The van der Waals surface area contributed by atoms with Crippen LogP contribution in [0.1, 0.15) is 16.2 Å². The molecule has 100 valence electrons. The number of ether oxygens (including phenoxy) is 2.